The Morgan fingerprint density at radius 1 is 0.339 bits per heavy atom. The molecule has 0 aromatic heterocycles. The zero-order valence-corrected chi connectivity index (χ0v) is 39.0. The second-order valence-electron chi connectivity index (χ2n) is 16.8. The van der Waals surface area contributed by atoms with Crippen molar-refractivity contribution in [3.63, 3.8) is 0 Å². The lowest BCUT2D eigenvalue weighted by Gasteiger charge is -2.18. The van der Waals surface area contributed by atoms with Crippen LogP contribution in [-0.4, -0.2) is 37.2 Å². The van der Waals surface area contributed by atoms with E-state index in [-0.39, 0.29) is 31.1 Å². The van der Waals surface area contributed by atoms with E-state index < -0.39 is 6.10 Å². The zero-order chi connectivity index (χ0) is 43.0. The Kier molecular flexibility index (Phi) is 45.9. The molecule has 0 rings (SSSR count). The maximum absolute atomic E-state index is 12.7. The number of carbonyl (C=O) groups is 3. The molecule has 0 aromatic carbocycles. The first-order valence-corrected chi connectivity index (χ1v) is 25.2. The van der Waals surface area contributed by atoms with E-state index in [4.69, 9.17) is 14.2 Å². The lowest BCUT2D eigenvalue weighted by atomic mass is 10.1. The summed E-state index contributed by atoms with van der Waals surface area (Å²) in [7, 11) is 0. The zero-order valence-electron chi connectivity index (χ0n) is 39.0. The molecule has 59 heavy (non-hydrogen) atoms. The van der Waals surface area contributed by atoms with E-state index in [1.54, 1.807) is 0 Å². The average molecular weight is 827 g/mol. The minimum Gasteiger partial charge on any atom is -0.462 e. The van der Waals surface area contributed by atoms with Gasteiger partial charge in [0.1, 0.15) is 13.2 Å². The van der Waals surface area contributed by atoms with Crippen molar-refractivity contribution in [3.8, 4) is 0 Å². The van der Waals surface area contributed by atoms with Crippen LogP contribution in [0.4, 0.5) is 0 Å². The summed E-state index contributed by atoms with van der Waals surface area (Å²) in [4.78, 5) is 37.8. The smallest absolute Gasteiger partial charge is 0.306 e. The maximum Gasteiger partial charge on any atom is 0.306 e. The van der Waals surface area contributed by atoms with E-state index in [9.17, 15) is 14.4 Å². The first-order valence-electron chi connectivity index (χ1n) is 25.2. The molecule has 0 heterocycles. The summed E-state index contributed by atoms with van der Waals surface area (Å²) in [5.74, 6) is -0.911. The number of unbranched alkanes of at least 4 members (excludes halogenated alkanes) is 28. The van der Waals surface area contributed by atoms with Gasteiger partial charge in [0.2, 0.25) is 0 Å². The highest BCUT2D eigenvalue weighted by atomic mass is 16.6. The van der Waals surface area contributed by atoms with Gasteiger partial charge in [0.25, 0.3) is 0 Å². The molecular formula is C53H94O6. The summed E-state index contributed by atoms with van der Waals surface area (Å²) in [5.41, 5.74) is 0. The number of hydrogen-bond acceptors (Lipinski definition) is 6. The summed E-state index contributed by atoms with van der Waals surface area (Å²) < 4.78 is 16.7. The fourth-order valence-electron chi connectivity index (χ4n) is 7.00. The van der Waals surface area contributed by atoms with E-state index in [1.807, 2.05) is 0 Å². The van der Waals surface area contributed by atoms with Crippen LogP contribution in [0.5, 0.6) is 0 Å². The van der Waals surface area contributed by atoms with Crippen LogP contribution in [0, 0.1) is 0 Å². The predicted molar refractivity (Wildman–Crippen MR) is 252 cm³/mol. The third kappa shape index (κ3) is 46.3. The van der Waals surface area contributed by atoms with Gasteiger partial charge in [-0.05, 0) is 64.2 Å². The van der Waals surface area contributed by atoms with Crippen LogP contribution < -0.4 is 0 Å². The minimum atomic E-state index is -0.783. The Morgan fingerprint density at radius 2 is 0.610 bits per heavy atom. The molecule has 0 aliphatic rings. The number of ether oxygens (including phenoxy) is 3. The minimum absolute atomic E-state index is 0.0830. The van der Waals surface area contributed by atoms with E-state index in [0.29, 0.717) is 19.3 Å². The first kappa shape index (κ1) is 56.4. The van der Waals surface area contributed by atoms with Crippen molar-refractivity contribution in [2.75, 3.05) is 13.2 Å². The molecule has 0 aliphatic carbocycles. The molecule has 1 atom stereocenters. The van der Waals surface area contributed by atoms with Gasteiger partial charge in [-0.1, -0.05) is 217 Å². The van der Waals surface area contributed by atoms with E-state index in [0.717, 1.165) is 70.6 Å². The van der Waals surface area contributed by atoms with Gasteiger partial charge in [0.15, 0.2) is 6.10 Å². The van der Waals surface area contributed by atoms with Gasteiger partial charge in [-0.2, -0.15) is 0 Å². The molecule has 0 fully saturated rings. The maximum atomic E-state index is 12.7. The van der Waals surface area contributed by atoms with Gasteiger partial charge in [0.05, 0.1) is 0 Å². The fraction of sp³-hybridized carbons (Fsp3) is 0.792. The quantitative estimate of drug-likeness (QED) is 0.0263. The highest BCUT2D eigenvalue weighted by Crippen LogP contribution is 2.15. The average Bonchev–Trinajstić information content (AvgIpc) is 3.23. The molecule has 0 saturated carbocycles. The number of hydrogen-bond donors (Lipinski definition) is 0. The van der Waals surface area contributed by atoms with Gasteiger partial charge < -0.3 is 14.2 Å². The third-order valence-electron chi connectivity index (χ3n) is 10.9. The van der Waals surface area contributed by atoms with Crippen LogP contribution >= 0.6 is 0 Å². The van der Waals surface area contributed by atoms with Crippen LogP contribution in [0.2, 0.25) is 0 Å². The summed E-state index contributed by atoms with van der Waals surface area (Å²) >= 11 is 0. The monoisotopic (exact) mass is 827 g/mol. The van der Waals surface area contributed by atoms with E-state index in [2.05, 4.69) is 69.4 Å². The van der Waals surface area contributed by atoms with Crippen molar-refractivity contribution >= 4 is 17.9 Å². The predicted octanol–water partition coefficient (Wildman–Crippen LogP) is 16.3. The van der Waals surface area contributed by atoms with Crippen molar-refractivity contribution in [3.05, 3.63) is 48.6 Å². The number of allylic oxidation sites excluding steroid dienone is 8. The molecule has 1 unspecified atom stereocenters. The Bertz CT molecular complexity index is 1040. The van der Waals surface area contributed by atoms with Gasteiger partial charge in [0, 0.05) is 19.3 Å². The molecule has 6 heteroatoms. The molecule has 0 bridgehead atoms. The van der Waals surface area contributed by atoms with Crippen LogP contribution in [-0.2, 0) is 28.6 Å². The fourth-order valence-corrected chi connectivity index (χ4v) is 7.00. The van der Waals surface area contributed by atoms with Crippen molar-refractivity contribution in [2.45, 2.75) is 258 Å². The SMILES string of the molecule is CCCC/C=C\C=C/CCCCCC(=O)OC(COC(=O)CCCCCCCCCCCCC)COC(=O)CCCCCCCCCCCC/C=C\C=C/CCCCC. The lowest BCUT2D eigenvalue weighted by molar-refractivity contribution is -0.167. The van der Waals surface area contributed by atoms with Crippen molar-refractivity contribution in [1.29, 1.82) is 0 Å². The molecule has 0 N–H and O–H groups in total. The molecule has 0 aromatic rings. The number of rotatable bonds is 45. The summed E-state index contributed by atoms with van der Waals surface area (Å²) in [6, 6.07) is 0. The molecule has 0 aliphatic heterocycles. The summed E-state index contributed by atoms with van der Waals surface area (Å²) in [6.45, 7) is 6.53. The number of carbonyl (C=O) groups excluding carboxylic acids is 3. The molecule has 0 amide bonds. The molecular weight excluding hydrogens is 733 g/mol. The third-order valence-corrected chi connectivity index (χ3v) is 10.9. The largest absolute Gasteiger partial charge is 0.462 e. The molecule has 342 valence electrons. The van der Waals surface area contributed by atoms with Crippen LogP contribution in [0.3, 0.4) is 0 Å². The van der Waals surface area contributed by atoms with Crippen molar-refractivity contribution < 1.29 is 28.6 Å². The summed E-state index contributed by atoms with van der Waals surface area (Å²) in [6.07, 6.45) is 56.7. The number of esters is 3. The molecule has 6 nitrogen and oxygen atoms in total. The normalized spacial score (nSPS) is 12.4. The van der Waals surface area contributed by atoms with Gasteiger partial charge in [-0.25, -0.2) is 0 Å². The topological polar surface area (TPSA) is 78.9 Å². The standard InChI is InChI=1S/C53H94O6/c1-4-7-10-13-16-19-22-23-24-25-26-27-28-29-32-34-37-40-43-46-52(55)58-49-50(59-53(56)47-44-41-38-35-31-21-18-15-12-9-6-3)48-57-51(54)45-42-39-36-33-30-20-17-14-11-8-5-2/h15-16,18-19,21-23,31,50H,4-14,17,20,24-30,32-49H2,1-3H3/b18-15-,19-16-,23-22-,31-21-. The molecule has 0 saturated heterocycles. The van der Waals surface area contributed by atoms with Gasteiger partial charge in [-0.3, -0.25) is 14.4 Å². The summed E-state index contributed by atoms with van der Waals surface area (Å²) in [5, 5.41) is 0. The Labute approximate surface area is 365 Å². The Hall–Kier alpha value is -2.63. The highest BCUT2D eigenvalue weighted by Gasteiger charge is 2.19. The molecule has 0 spiro atoms. The van der Waals surface area contributed by atoms with Crippen LogP contribution in [0.15, 0.2) is 48.6 Å². The van der Waals surface area contributed by atoms with Crippen LogP contribution in [0.1, 0.15) is 252 Å². The Balaban J connectivity index is 4.32. The van der Waals surface area contributed by atoms with E-state index in [1.165, 1.54) is 141 Å². The molecule has 0 radical (unpaired) electrons. The van der Waals surface area contributed by atoms with Gasteiger partial charge >= 0.3 is 17.9 Å². The second kappa shape index (κ2) is 48.0. The van der Waals surface area contributed by atoms with E-state index >= 15 is 0 Å². The second-order valence-corrected chi connectivity index (χ2v) is 16.8. The van der Waals surface area contributed by atoms with Crippen LogP contribution in [0.25, 0.3) is 0 Å². The van der Waals surface area contributed by atoms with Crippen molar-refractivity contribution in [1.82, 2.24) is 0 Å². The Morgan fingerprint density at radius 3 is 1.00 bits per heavy atom. The van der Waals surface area contributed by atoms with Gasteiger partial charge in [-0.15, -0.1) is 0 Å². The first-order chi connectivity index (χ1) is 29.0. The lowest BCUT2D eigenvalue weighted by Crippen LogP contribution is -2.30. The highest BCUT2D eigenvalue weighted by molar-refractivity contribution is 5.71. The van der Waals surface area contributed by atoms with Crippen molar-refractivity contribution in [2.24, 2.45) is 0 Å².